The maximum Gasteiger partial charge on any atom is 0.186 e. The van der Waals surface area contributed by atoms with Gasteiger partial charge in [0.05, 0.1) is 6.61 Å². The average Bonchev–Trinajstić information content (AvgIpc) is 2.71. The molecule has 5 unspecified atom stereocenters. The Morgan fingerprint density at radius 1 is 1.04 bits per heavy atom. The first-order valence-corrected chi connectivity index (χ1v) is 8.25. The lowest BCUT2D eigenvalue weighted by Gasteiger charge is -2.41. The molecule has 0 aromatic heterocycles. The van der Waals surface area contributed by atoms with Crippen LogP contribution in [0.15, 0.2) is 30.3 Å². The molecule has 1 aromatic carbocycles. The van der Waals surface area contributed by atoms with Crippen LogP contribution in [0.3, 0.4) is 0 Å². The molecule has 3 N–H and O–H groups in total. The second-order valence-corrected chi connectivity index (χ2v) is 6.02. The summed E-state index contributed by atoms with van der Waals surface area (Å²) in [5.74, 6) is 0. The predicted octanol–water partition coefficient (Wildman–Crippen LogP) is 0.0709. The van der Waals surface area contributed by atoms with Crippen LogP contribution in [0.5, 0.6) is 0 Å². The van der Waals surface area contributed by atoms with Gasteiger partial charge in [-0.15, -0.1) is 0 Å². The summed E-state index contributed by atoms with van der Waals surface area (Å²) in [5, 5.41) is 23.6. The molecule has 1 aromatic rings. The van der Waals surface area contributed by atoms with E-state index in [1.54, 1.807) is 0 Å². The van der Waals surface area contributed by atoms with Gasteiger partial charge in [0.2, 0.25) is 0 Å². The van der Waals surface area contributed by atoms with Crippen LogP contribution >= 0.6 is 0 Å². The number of aliphatic hydroxyl groups is 2. The van der Waals surface area contributed by atoms with Crippen molar-refractivity contribution in [1.82, 2.24) is 5.32 Å². The smallest absolute Gasteiger partial charge is 0.186 e. The Morgan fingerprint density at radius 2 is 1.83 bits per heavy atom. The Hall–Kier alpha value is -1.02. The molecular formula is C17H25NO5. The first kappa shape index (κ1) is 16.8. The molecule has 5 atom stereocenters. The van der Waals surface area contributed by atoms with E-state index in [4.69, 9.17) is 14.2 Å². The number of fused-ring (bicyclic) bond motifs is 6. The summed E-state index contributed by atoms with van der Waals surface area (Å²) < 4.78 is 17.0. The van der Waals surface area contributed by atoms with E-state index in [0.717, 1.165) is 19.4 Å². The Kier molecular flexibility index (Phi) is 5.99. The number of benzene rings is 1. The fraction of sp³-hybridized carbons (Fsp3) is 0.647. The Morgan fingerprint density at radius 3 is 2.65 bits per heavy atom. The largest absolute Gasteiger partial charge is 0.387 e. The molecule has 3 saturated heterocycles. The molecule has 23 heavy (non-hydrogen) atoms. The molecular weight excluding hydrogens is 298 g/mol. The second kappa shape index (κ2) is 8.19. The van der Waals surface area contributed by atoms with Gasteiger partial charge in [-0.25, -0.2) is 0 Å². The second-order valence-electron chi connectivity index (χ2n) is 6.02. The summed E-state index contributed by atoms with van der Waals surface area (Å²) >= 11 is 0. The minimum Gasteiger partial charge on any atom is -0.387 e. The molecule has 0 spiro atoms. The molecule has 0 amide bonds. The van der Waals surface area contributed by atoms with Gasteiger partial charge in [0, 0.05) is 13.2 Å². The van der Waals surface area contributed by atoms with E-state index in [1.165, 1.54) is 5.56 Å². The van der Waals surface area contributed by atoms with Gasteiger partial charge < -0.3 is 29.7 Å². The summed E-state index contributed by atoms with van der Waals surface area (Å²) in [4.78, 5) is 0. The lowest BCUT2D eigenvalue weighted by atomic mass is 9.98. The molecule has 4 rings (SSSR count). The van der Waals surface area contributed by atoms with Crippen LogP contribution in [0.2, 0.25) is 0 Å². The van der Waals surface area contributed by atoms with Gasteiger partial charge in [-0.2, -0.15) is 0 Å². The van der Waals surface area contributed by atoms with Gasteiger partial charge in [0.15, 0.2) is 6.29 Å². The zero-order chi connectivity index (χ0) is 16.1. The highest BCUT2D eigenvalue weighted by Gasteiger charge is 2.46. The SMILES string of the molecule is OC1C2OCCCOC(C(CNCCc3ccccc3)O2)C1O. The van der Waals surface area contributed by atoms with E-state index in [0.29, 0.717) is 19.8 Å². The van der Waals surface area contributed by atoms with Crippen molar-refractivity contribution >= 4 is 0 Å². The highest BCUT2D eigenvalue weighted by atomic mass is 16.7. The highest BCUT2D eigenvalue weighted by Crippen LogP contribution is 2.25. The molecule has 0 radical (unpaired) electrons. The Bertz CT molecular complexity index is 469. The highest BCUT2D eigenvalue weighted by molar-refractivity contribution is 5.14. The topological polar surface area (TPSA) is 80.2 Å². The van der Waals surface area contributed by atoms with Gasteiger partial charge in [0.25, 0.3) is 0 Å². The van der Waals surface area contributed by atoms with E-state index in [9.17, 15) is 10.2 Å². The lowest BCUT2D eigenvalue weighted by molar-refractivity contribution is -0.292. The quantitative estimate of drug-likeness (QED) is 0.666. The van der Waals surface area contributed by atoms with E-state index >= 15 is 0 Å². The van der Waals surface area contributed by atoms with Crippen LogP contribution in [-0.4, -0.2) is 67.2 Å². The molecule has 6 nitrogen and oxygen atoms in total. The van der Waals surface area contributed by atoms with Crippen LogP contribution < -0.4 is 5.32 Å². The first-order valence-electron chi connectivity index (χ1n) is 8.25. The predicted molar refractivity (Wildman–Crippen MR) is 84.0 cm³/mol. The number of nitrogens with one attached hydrogen (secondary N) is 1. The molecule has 3 aliphatic heterocycles. The van der Waals surface area contributed by atoms with Crippen molar-refractivity contribution < 1.29 is 24.4 Å². The Labute approximate surface area is 136 Å². The summed E-state index contributed by atoms with van der Waals surface area (Å²) in [6.07, 6.45) is -2.08. The third kappa shape index (κ3) is 4.29. The van der Waals surface area contributed by atoms with Crippen molar-refractivity contribution in [3.05, 3.63) is 35.9 Å². The van der Waals surface area contributed by atoms with Crippen molar-refractivity contribution in [3.8, 4) is 0 Å². The normalized spacial score (nSPS) is 34.6. The monoisotopic (exact) mass is 323 g/mol. The number of ether oxygens (including phenoxy) is 3. The summed E-state index contributed by atoms with van der Waals surface area (Å²) in [5.41, 5.74) is 1.27. The van der Waals surface area contributed by atoms with Crippen molar-refractivity contribution in [3.63, 3.8) is 0 Å². The maximum absolute atomic E-state index is 10.2. The van der Waals surface area contributed by atoms with Crippen LogP contribution in [0.4, 0.5) is 0 Å². The zero-order valence-corrected chi connectivity index (χ0v) is 13.1. The van der Waals surface area contributed by atoms with E-state index in [-0.39, 0.29) is 6.10 Å². The third-order valence-corrected chi connectivity index (χ3v) is 4.30. The lowest BCUT2D eigenvalue weighted by Crippen LogP contribution is -2.60. The molecule has 2 bridgehead atoms. The standard InChI is InChI=1S/C17H25NO5/c19-14-15(20)17-22-10-4-9-21-16(14)13(23-17)11-18-8-7-12-5-2-1-3-6-12/h1-3,5-6,13-20H,4,7-11H2. The molecule has 6 heteroatoms. The van der Waals surface area contributed by atoms with Crippen LogP contribution in [-0.2, 0) is 20.6 Å². The van der Waals surface area contributed by atoms with Crippen molar-refractivity contribution in [2.75, 3.05) is 26.3 Å². The molecule has 128 valence electrons. The maximum atomic E-state index is 10.2. The van der Waals surface area contributed by atoms with E-state index in [1.807, 2.05) is 18.2 Å². The van der Waals surface area contributed by atoms with Crippen molar-refractivity contribution in [2.24, 2.45) is 0 Å². The van der Waals surface area contributed by atoms with Crippen LogP contribution in [0.25, 0.3) is 0 Å². The molecule has 0 aliphatic carbocycles. The zero-order valence-electron chi connectivity index (χ0n) is 13.1. The van der Waals surface area contributed by atoms with Gasteiger partial charge in [-0.05, 0) is 24.9 Å². The third-order valence-electron chi connectivity index (χ3n) is 4.30. The van der Waals surface area contributed by atoms with Gasteiger partial charge in [-0.1, -0.05) is 30.3 Å². The summed E-state index contributed by atoms with van der Waals surface area (Å²) in [7, 11) is 0. The minimum atomic E-state index is -1.07. The van der Waals surface area contributed by atoms with Gasteiger partial charge in [-0.3, -0.25) is 0 Å². The molecule has 3 heterocycles. The number of rotatable bonds is 5. The van der Waals surface area contributed by atoms with Gasteiger partial charge >= 0.3 is 0 Å². The first-order chi connectivity index (χ1) is 11.3. The fourth-order valence-electron chi connectivity index (χ4n) is 3.01. The number of hydrogen-bond acceptors (Lipinski definition) is 6. The van der Waals surface area contributed by atoms with E-state index < -0.39 is 24.6 Å². The average molecular weight is 323 g/mol. The molecule has 0 saturated carbocycles. The van der Waals surface area contributed by atoms with Crippen LogP contribution in [0.1, 0.15) is 12.0 Å². The molecule has 3 aliphatic rings. The fourth-order valence-corrected chi connectivity index (χ4v) is 3.01. The Balaban J connectivity index is 1.52. The number of aliphatic hydroxyl groups excluding tert-OH is 2. The summed E-state index contributed by atoms with van der Waals surface area (Å²) in [6.45, 7) is 2.29. The minimum absolute atomic E-state index is 0.340. The van der Waals surface area contributed by atoms with Crippen LogP contribution in [0, 0.1) is 0 Å². The van der Waals surface area contributed by atoms with Gasteiger partial charge in [0.1, 0.15) is 24.4 Å². The van der Waals surface area contributed by atoms with Crippen molar-refractivity contribution in [1.29, 1.82) is 0 Å². The van der Waals surface area contributed by atoms with E-state index in [2.05, 4.69) is 17.4 Å². The van der Waals surface area contributed by atoms with Crippen molar-refractivity contribution in [2.45, 2.75) is 43.5 Å². The number of hydrogen-bond donors (Lipinski definition) is 3. The summed E-state index contributed by atoms with van der Waals surface area (Å²) in [6, 6.07) is 10.2. The molecule has 3 fully saturated rings.